The summed E-state index contributed by atoms with van der Waals surface area (Å²) in [6, 6.07) is 10.9. The number of nitro benzene ring substituents is 1. The first-order valence-electron chi connectivity index (χ1n) is 6.47. The van der Waals surface area contributed by atoms with Crippen molar-refractivity contribution in [3.63, 3.8) is 0 Å². The molecule has 0 radical (unpaired) electrons. The van der Waals surface area contributed by atoms with Crippen LogP contribution in [0.15, 0.2) is 46.9 Å². The lowest BCUT2D eigenvalue weighted by atomic mass is 10.0. The molecule has 1 unspecified atom stereocenters. The average Bonchev–Trinajstić information content (AvgIpc) is 2.45. The Hall–Kier alpha value is -1.95. The van der Waals surface area contributed by atoms with Gasteiger partial charge in [-0.05, 0) is 46.1 Å². The van der Waals surface area contributed by atoms with E-state index in [2.05, 4.69) is 21.2 Å². The van der Waals surface area contributed by atoms with Crippen LogP contribution in [-0.2, 0) is 0 Å². The van der Waals surface area contributed by atoms with E-state index in [1.54, 1.807) is 12.1 Å². The molecule has 2 aromatic carbocycles. The standard InChI is InChI=1S/C15H14BrFN2O2/c1-2-14(10-4-3-5-11(17)8-10)18-15-7-6-12(19(20)21)9-13(15)16/h3-9,14,18H,2H2,1H3. The number of nitrogens with one attached hydrogen (secondary N) is 1. The van der Waals surface area contributed by atoms with E-state index in [-0.39, 0.29) is 17.5 Å². The summed E-state index contributed by atoms with van der Waals surface area (Å²) < 4.78 is 13.9. The van der Waals surface area contributed by atoms with Gasteiger partial charge in [0, 0.05) is 22.3 Å². The van der Waals surface area contributed by atoms with E-state index < -0.39 is 4.92 Å². The predicted molar refractivity (Wildman–Crippen MR) is 83.9 cm³/mol. The quantitative estimate of drug-likeness (QED) is 0.604. The van der Waals surface area contributed by atoms with E-state index in [4.69, 9.17) is 0 Å². The van der Waals surface area contributed by atoms with Gasteiger partial charge in [0.15, 0.2) is 0 Å². The van der Waals surface area contributed by atoms with Crippen molar-refractivity contribution in [3.8, 4) is 0 Å². The Kier molecular flexibility index (Phi) is 4.90. The maximum Gasteiger partial charge on any atom is 0.270 e. The number of nitrogens with zero attached hydrogens (tertiary/aromatic N) is 1. The Morgan fingerprint density at radius 1 is 1.33 bits per heavy atom. The molecule has 0 fully saturated rings. The molecule has 0 aliphatic heterocycles. The number of non-ortho nitro benzene ring substituents is 1. The molecular formula is C15H14BrFN2O2. The molecule has 0 aliphatic rings. The first kappa shape index (κ1) is 15.4. The number of hydrogen-bond donors (Lipinski definition) is 1. The van der Waals surface area contributed by atoms with Crippen molar-refractivity contribution >= 4 is 27.3 Å². The minimum Gasteiger partial charge on any atom is -0.377 e. The number of benzene rings is 2. The summed E-state index contributed by atoms with van der Waals surface area (Å²) in [5, 5.41) is 14.0. The fraction of sp³-hybridized carbons (Fsp3) is 0.200. The smallest absolute Gasteiger partial charge is 0.270 e. The zero-order chi connectivity index (χ0) is 15.4. The van der Waals surface area contributed by atoms with E-state index in [0.29, 0.717) is 4.47 Å². The number of halogens is 2. The molecule has 0 heterocycles. The van der Waals surface area contributed by atoms with Gasteiger partial charge in [-0.15, -0.1) is 0 Å². The van der Waals surface area contributed by atoms with Gasteiger partial charge in [0.2, 0.25) is 0 Å². The molecule has 0 saturated carbocycles. The van der Waals surface area contributed by atoms with Crippen LogP contribution in [0.25, 0.3) is 0 Å². The summed E-state index contributed by atoms with van der Waals surface area (Å²) in [7, 11) is 0. The molecule has 4 nitrogen and oxygen atoms in total. The first-order chi connectivity index (χ1) is 10.0. The SMILES string of the molecule is CCC(Nc1ccc([N+](=O)[O-])cc1Br)c1cccc(F)c1. The summed E-state index contributed by atoms with van der Waals surface area (Å²) in [6.07, 6.45) is 0.757. The lowest BCUT2D eigenvalue weighted by Gasteiger charge is -2.19. The molecule has 2 rings (SSSR count). The van der Waals surface area contributed by atoms with Crippen LogP contribution < -0.4 is 5.32 Å². The minimum absolute atomic E-state index is 0.0197. The van der Waals surface area contributed by atoms with Gasteiger partial charge in [-0.25, -0.2) is 4.39 Å². The molecule has 0 bridgehead atoms. The lowest BCUT2D eigenvalue weighted by Crippen LogP contribution is -2.10. The third kappa shape index (κ3) is 3.78. The van der Waals surface area contributed by atoms with Gasteiger partial charge in [0.25, 0.3) is 5.69 Å². The van der Waals surface area contributed by atoms with E-state index in [1.807, 2.05) is 13.0 Å². The van der Waals surface area contributed by atoms with Crippen LogP contribution in [-0.4, -0.2) is 4.92 Å². The van der Waals surface area contributed by atoms with Gasteiger partial charge in [0.05, 0.1) is 11.0 Å². The van der Waals surface area contributed by atoms with Crippen molar-refractivity contribution in [2.45, 2.75) is 19.4 Å². The molecular weight excluding hydrogens is 339 g/mol. The molecule has 110 valence electrons. The molecule has 6 heteroatoms. The van der Waals surface area contributed by atoms with Crippen LogP contribution in [0.4, 0.5) is 15.8 Å². The van der Waals surface area contributed by atoms with Crippen LogP contribution in [0, 0.1) is 15.9 Å². The second-order valence-electron chi connectivity index (χ2n) is 4.58. The highest BCUT2D eigenvalue weighted by atomic mass is 79.9. The van der Waals surface area contributed by atoms with Crippen LogP contribution in [0.1, 0.15) is 24.9 Å². The summed E-state index contributed by atoms with van der Waals surface area (Å²) >= 11 is 3.32. The minimum atomic E-state index is -0.446. The number of hydrogen-bond acceptors (Lipinski definition) is 3. The Bertz CT molecular complexity index is 664. The van der Waals surface area contributed by atoms with Crippen molar-refractivity contribution < 1.29 is 9.31 Å². The Labute approximate surface area is 130 Å². The van der Waals surface area contributed by atoms with Crippen LogP contribution >= 0.6 is 15.9 Å². The fourth-order valence-corrected chi connectivity index (χ4v) is 2.55. The predicted octanol–water partition coefficient (Wildman–Crippen LogP) is 5.06. The largest absolute Gasteiger partial charge is 0.377 e. The molecule has 0 saturated heterocycles. The Morgan fingerprint density at radius 3 is 2.67 bits per heavy atom. The highest BCUT2D eigenvalue weighted by Gasteiger charge is 2.14. The van der Waals surface area contributed by atoms with Crippen LogP contribution in [0.5, 0.6) is 0 Å². The average molecular weight is 353 g/mol. The second kappa shape index (κ2) is 6.67. The maximum atomic E-state index is 13.3. The van der Waals surface area contributed by atoms with E-state index >= 15 is 0 Å². The van der Waals surface area contributed by atoms with Crippen molar-refractivity contribution in [2.75, 3.05) is 5.32 Å². The number of rotatable bonds is 5. The summed E-state index contributed by atoms with van der Waals surface area (Å²) in [4.78, 5) is 10.3. The third-order valence-corrected chi connectivity index (χ3v) is 3.81. The van der Waals surface area contributed by atoms with Gasteiger partial charge < -0.3 is 5.32 Å². The number of anilines is 1. The van der Waals surface area contributed by atoms with E-state index in [0.717, 1.165) is 17.7 Å². The zero-order valence-corrected chi connectivity index (χ0v) is 12.9. The third-order valence-electron chi connectivity index (χ3n) is 3.15. The van der Waals surface area contributed by atoms with Crippen molar-refractivity contribution in [1.29, 1.82) is 0 Å². The van der Waals surface area contributed by atoms with Crippen LogP contribution in [0.2, 0.25) is 0 Å². The lowest BCUT2D eigenvalue weighted by molar-refractivity contribution is -0.384. The molecule has 21 heavy (non-hydrogen) atoms. The zero-order valence-electron chi connectivity index (χ0n) is 11.3. The summed E-state index contributed by atoms with van der Waals surface area (Å²) in [5.41, 5.74) is 1.59. The highest BCUT2D eigenvalue weighted by Crippen LogP contribution is 2.31. The molecule has 0 aliphatic carbocycles. The van der Waals surface area contributed by atoms with Gasteiger partial charge in [0.1, 0.15) is 5.82 Å². The van der Waals surface area contributed by atoms with Gasteiger partial charge in [-0.2, -0.15) is 0 Å². The molecule has 1 N–H and O–H groups in total. The van der Waals surface area contributed by atoms with Crippen molar-refractivity contribution in [1.82, 2.24) is 0 Å². The highest BCUT2D eigenvalue weighted by molar-refractivity contribution is 9.10. The van der Waals surface area contributed by atoms with Crippen molar-refractivity contribution in [2.24, 2.45) is 0 Å². The monoisotopic (exact) mass is 352 g/mol. The normalized spacial score (nSPS) is 12.0. The van der Waals surface area contributed by atoms with E-state index in [1.165, 1.54) is 24.3 Å². The Balaban J connectivity index is 2.25. The Morgan fingerprint density at radius 2 is 2.10 bits per heavy atom. The number of nitro groups is 1. The molecule has 1 atom stereocenters. The molecule has 0 amide bonds. The van der Waals surface area contributed by atoms with Gasteiger partial charge >= 0.3 is 0 Å². The molecule has 0 aromatic heterocycles. The molecule has 2 aromatic rings. The summed E-state index contributed by atoms with van der Waals surface area (Å²) in [6.45, 7) is 1.99. The van der Waals surface area contributed by atoms with Crippen molar-refractivity contribution in [3.05, 3.63) is 68.4 Å². The van der Waals surface area contributed by atoms with Gasteiger partial charge in [-0.1, -0.05) is 19.1 Å². The molecule has 0 spiro atoms. The fourth-order valence-electron chi connectivity index (χ4n) is 2.07. The second-order valence-corrected chi connectivity index (χ2v) is 5.44. The van der Waals surface area contributed by atoms with Gasteiger partial charge in [-0.3, -0.25) is 10.1 Å². The first-order valence-corrected chi connectivity index (χ1v) is 7.26. The van der Waals surface area contributed by atoms with E-state index in [9.17, 15) is 14.5 Å². The maximum absolute atomic E-state index is 13.3. The van der Waals surface area contributed by atoms with Crippen LogP contribution in [0.3, 0.4) is 0 Å². The summed E-state index contributed by atoms with van der Waals surface area (Å²) in [5.74, 6) is -0.282. The topological polar surface area (TPSA) is 55.2 Å².